The molecule has 2 N–H and O–H groups in total. The van der Waals surface area contributed by atoms with Crippen molar-refractivity contribution in [3.63, 3.8) is 0 Å². The van der Waals surface area contributed by atoms with Crippen molar-refractivity contribution in [2.75, 3.05) is 6.54 Å². The highest BCUT2D eigenvalue weighted by atomic mass is 16.6. The zero-order chi connectivity index (χ0) is 17.4. The van der Waals surface area contributed by atoms with Crippen LogP contribution in [0.5, 0.6) is 5.75 Å². The first-order valence-electron chi connectivity index (χ1n) is 8.28. The second-order valence-corrected chi connectivity index (χ2v) is 6.43. The van der Waals surface area contributed by atoms with E-state index in [-0.39, 0.29) is 11.4 Å². The zero-order valence-electron chi connectivity index (χ0n) is 13.6. The molecule has 1 aromatic heterocycles. The fraction of sp³-hybridized carbons (Fsp3) is 0.211. The summed E-state index contributed by atoms with van der Waals surface area (Å²) in [5, 5.41) is 22.4. The average molecular weight is 336 g/mol. The third-order valence-corrected chi connectivity index (χ3v) is 4.87. The van der Waals surface area contributed by atoms with Crippen LogP contribution in [-0.4, -0.2) is 21.6 Å². The van der Waals surface area contributed by atoms with E-state index in [1.165, 1.54) is 22.1 Å². The number of fused-ring (bicyclic) bond motifs is 2. The molecule has 4 rings (SSSR count). The normalized spacial score (nSPS) is 16.6. The van der Waals surface area contributed by atoms with Crippen molar-refractivity contribution in [1.29, 1.82) is 0 Å². The summed E-state index contributed by atoms with van der Waals surface area (Å²) in [4.78, 5) is 16.4. The molecule has 0 saturated carbocycles. The number of benzene rings is 2. The van der Waals surface area contributed by atoms with Gasteiger partial charge in [-0.1, -0.05) is 24.3 Å². The van der Waals surface area contributed by atoms with Crippen molar-refractivity contribution in [2.24, 2.45) is 0 Å². The number of rotatable bonds is 3. The number of aromatic nitrogens is 1. The second-order valence-electron chi connectivity index (χ2n) is 6.43. The third kappa shape index (κ3) is 2.81. The van der Waals surface area contributed by atoms with Crippen molar-refractivity contribution in [2.45, 2.75) is 19.5 Å². The van der Waals surface area contributed by atoms with E-state index in [0.717, 1.165) is 19.5 Å². The maximum atomic E-state index is 11.4. The molecule has 0 bridgehead atoms. The standard InChI is InChI=1S/C19H17N3O3/c23-19-15(10-17(22(24)25)16-6-3-8-20-18(16)19)12-21-9-7-13-4-1-2-5-14(13)11-21/h1-6,8,10,23H,7,9,11-12H2/p+1. The van der Waals surface area contributed by atoms with Gasteiger partial charge in [-0.25, -0.2) is 0 Å². The first-order chi connectivity index (χ1) is 12.1. The zero-order valence-corrected chi connectivity index (χ0v) is 13.6. The van der Waals surface area contributed by atoms with E-state index < -0.39 is 4.92 Å². The van der Waals surface area contributed by atoms with Crippen LogP contribution in [0.1, 0.15) is 16.7 Å². The number of pyridine rings is 1. The summed E-state index contributed by atoms with van der Waals surface area (Å²) in [6, 6.07) is 13.1. The largest absolute Gasteiger partial charge is 0.505 e. The minimum atomic E-state index is -0.409. The number of phenolic OH excluding ortho intramolecular Hbond substituents is 1. The summed E-state index contributed by atoms with van der Waals surface area (Å²) in [5.41, 5.74) is 3.53. The number of hydrogen-bond donors (Lipinski definition) is 2. The van der Waals surface area contributed by atoms with Gasteiger partial charge in [-0.05, 0) is 17.7 Å². The van der Waals surface area contributed by atoms with Gasteiger partial charge in [-0.15, -0.1) is 0 Å². The van der Waals surface area contributed by atoms with Gasteiger partial charge >= 0.3 is 0 Å². The Bertz CT molecular complexity index is 971. The number of nitro groups is 1. The molecule has 0 spiro atoms. The molecule has 0 amide bonds. The summed E-state index contributed by atoms with van der Waals surface area (Å²) in [6.45, 7) is 2.32. The molecule has 1 aliphatic heterocycles. The van der Waals surface area contributed by atoms with Gasteiger partial charge < -0.3 is 10.0 Å². The summed E-state index contributed by atoms with van der Waals surface area (Å²) >= 11 is 0. The quantitative estimate of drug-likeness (QED) is 0.566. The van der Waals surface area contributed by atoms with Crippen molar-refractivity contribution in [1.82, 2.24) is 4.98 Å². The Kier molecular flexibility index (Phi) is 3.82. The highest BCUT2D eigenvalue weighted by molar-refractivity contribution is 5.93. The fourth-order valence-corrected chi connectivity index (χ4v) is 3.61. The first-order valence-corrected chi connectivity index (χ1v) is 8.28. The van der Waals surface area contributed by atoms with Crippen LogP contribution in [0.15, 0.2) is 48.7 Å². The molecule has 2 heterocycles. The number of hydrogen-bond acceptors (Lipinski definition) is 4. The van der Waals surface area contributed by atoms with Crippen molar-refractivity contribution in [3.8, 4) is 5.75 Å². The Hall–Kier alpha value is -2.99. The van der Waals surface area contributed by atoms with Gasteiger partial charge in [-0.2, -0.15) is 0 Å². The van der Waals surface area contributed by atoms with Crippen LogP contribution >= 0.6 is 0 Å². The van der Waals surface area contributed by atoms with Crippen molar-refractivity contribution >= 4 is 16.6 Å². The van der Waals surface area contributed by atoms with E-state index in [2.05, 4.69) is 17.1 Å². The molecule has 126 valence electrons. The predicted molar refractivity (Wildman–Crippen MR) is 93.4 cm³/mol. The lowest BCUT2D eigenvalue weighted by molar-refractivity contribution is -0.929. The molecule has 0 fully saturated rings. The lowest BCUT2D eigenvalue weighted by atomic mass is 9.99. The Morgan fingerprint density at radius 3 is 2.80 bits per heavy atom. The van der Waals surface area contributed by atoms with Crippen LogP contribution < -0.4 is 4.90 Å². The summed E-state index contributed by atoms with van der Waals surface area (Å²) in [6.07, 6.45) is 2.51. The SMILES string of the molecule is O=[N+]([O-])c1cc(C[NH+]2CCc3ccccc3C2)c(O)c2ncccc12. The molecule has 6 heteroatoms. The Balaban J connectivity index is 1.70. The lowest BCUT2D eigenvalue weighted by Crippen LogP contribution is -3.10. The molecule has 0 saturated heterocycles. The van der Waals surface area contributed by atoms with Gasteiger partial charge in [0.1, 0.15) is 18.6 Å². The molecular weight excluding hydrogens is 318 g/mol. The number of nitrogens with one attached hydrogen (secondary N) is 1. The van der Waals surface area contributed by atoms with Crippen LogP contribution in [0.3, 0.4) is 0 Å². The van der Waals surface area contributed by atoms with E-state index in [9.17, 15) is 15.2 Å². The average Bonchev–Trinajstić information content (AvgIpc) is 2.64. The Morgan fingerprint density at radius 2 is 2.00 bits per heavy atom. The van der Waals surface area contributed by atoms with E-state index >= 15 is 0 Å². The summed E-state index contributed by atoms with van der Waals surface area (Å²) in [7, 11) is 0. The molecule has 3 aromatic rings. The molecule has 0 aliphatic carbocycles. The van der Waals surface area contributed by atoms with Crippen LogP contribution in [0.25, 0.3) is 10.9 Å². The summed E-state index contributed by atoms with van der Waals surface area (Å²) < 4.78 is 0. The number of phenols is 1. The molecule has 6 nitrogen and oxygen atoms in total. The molecule has 1 atom stereocenters. The van der Waals surface area contributed by atoms with Crippen LogP contribution in [-0.2, 0) is 19.5 Å². The predicted octanol–water partition coefficient (Wildman–Crippen LogP) is 1.99. The van der Waals surface area contributed by atoms with Crippen LogP contribution in [0.4, 0.5) is 5.69 Å². The third-order valence-electron chi connectivity index (χ3n) is 4.87. The molecule has 2 aromatic carbocycles. The van der Waals surface area contributed by atoms with Gasteiger partial charge in [0.05, 0.1) is 22.4 Å². The monoisotopic (exact) mass is 336 g/mol. The minimum absolute atomic E-state index is 0.00675. The van der Waals surface area contributed by atoms with Gasteiger partial charge in [-0.3, -0.25) is 15.1 Å². The number of non-ortho nitro benzene ring substituents is 1. The van der Waals surface area contributed by atoms with Crippen LogP contribution in [0.2, 0.25) is 0 Å². The number of nitro benzene ring substituents is 1. The lowest BCUT2D eigenvalue weighted by Gasteiger charge is -2.26. The van der Waals surface area contributed by atoms with Crippen LogP contribution in [0, 0.1) is 10.1 Å². The molecule has 0 radical (unpaired) electrons. The van der Waals surface area contributed by atoms with E-state index in [0.29, 0.717) is 23.0 Å². The first kappa shape index (κ1) is 15.5. The second kappa shape index (κ2) is 6.14. The number of aromatic hydroxyl groups is 1. The fourth-order valence-electron chi connectivity index (χ4n) is 3.61. The van der Waals surface area contributed by atoms with Gasteiger partial charge in [0, 0.05) is 24.2 Å². The molecule has 1 aliphatic rings. The topological polar surface area (TPSA) is 80.7 Å². The Labute approximate surface area is 144 Å². The van der Waals surface area contributed by atoms with E-state index in [1.807, 2.05) is 12.1 Å². The Morgan fingerprint density at radius 1 is 1.20 bits per heavy atom. The van der Waals surface area contributed by atoms with Gasteiger partial charge in [0.15, 0.2) is 5.75 Å². The highest BCUT2D eigenvalue weighted by Gasteiger charge is 2.24. The maximum absolute atomic E-state index is 11.4. The summed E-state index contributed by atoms with van der Waals surface area (Å²) in [5.74, 6) is 0.0487. The van der Waals surface area contributed by atoms with Gasteiger partial charge in [0.2, 0.25) is 0 Å². The molecule has 25 heavy (non-hydrogen) atoms. The number of quaternary nitrogens is 1. The number of nitrogens with zero attached hydrogens (tertiary/aromatic N) is 2. The smallest absolute Gasteiger partial charge is 0.279 e. The molecular formula is C19H18N3O3+. The maximum Gasteiger partial charge on any atom is 0.279 e. The minimum Gasteiger partial charge on any atom is -0.505 e. The van der Waals surface area contributed by atoms with Gasteiger partial charge in [0.25, 0.3) is 5.69 Å². The highest BCUT2D eigenvalue weighted by Crippen LogP contribution is 2.34. The molecule has 1 unspecified atom stereocenters. The van der Waals surface area contributed by atoms with Crippen molar-refractivity contribution < 1.29 is 14.9 Å². The van der Waals surface area contributed by atoms with Crippen molar-refractivity contribution in [3.05, 3.63) is 75.5 Å². The van der Waals surface area contributed by atoms with E-state index in [4.69, 9.17) is 0 Å². The van der Waals surface area contributed by atoms with E-state index in [1.54, 1.807) is 18.3 Å².